The number of piperazine rings is 1. The second-order valence-electron chi connectivity index (χ2n) is 10.8. The summed E-state index contributed by atoms with van der Waals surface area (Å²) in [5.74, 6) is 0.604. The molecule has 42 heavy (non-hydrogen) atoms. The van der Waals surface area contributed by atoms with Crippen molar-refractivity contribution in [3.05, 3.63) is 70.9 Å². The summed E-state index contributed by atoms with van der Waals surface area (Å²) in [6.45, 7) is 8.43. The first kappa shape index (κ1) is 27.4. The molecule has 2 saturated heterocycles. The minimum Gasteiger partial charge on any atom is -0.440 e. The zero-order valence-electron chi connectivity index (χ0n) is 23.6. The van der Waals surface area contributed by atoms with Gasteiger partial charge in [-0.05, 0) is 18.2 Å². The molecule has 2 aliphatic rings. The molecule has 0 unspecified atom stereocenters. The van der Waals surface area contributed by atoms with Crippen LogP contribution in [-0.2, 0) is 9.47 Å². The quantitative estimate of drug-likeness (QED) is 0.261. The van der Waals surface area contributed by atoms with Gasteiger partial charge in [-0.2, -0.15) is 0 Å². The molecule has 0 bridgehead atoms. The van der Waals surface area contributed by atoms with Crippen molar-refractivity contribution >= 4 is 54.0 Å². The van der Waals surface area contributed by atoms with Gasteiger partial charge in [-0.15, -0.1) is 11.3 Å². The Hall–Kier alpha value is -3.47. The number of hydrogen-bond acceptors (Lipinski definition) is 9. The molecule has 3 aromatic carbocycles. The second kappa shape index (κ2) is 12.0. The maximum absolute atomic E-state index is 13.3. The lowest BCUT2D eigenvalue weighted by atomic mass is 9.98. The number of anilines is 2. The molecule has 0 saturated carbocycles. The van der Waals surface area contributed by atoms with E-state index >= 15 is 0 Å². The lowest BCUT2D eigenvalue weighted by Gasteiger charge is -2.36. The first-order chi connectivity index (χ1) is 20.7. The van der Waals surface area contributed by atoms with E-state index in [1.807, 2.05) is 12.1 Å². The highest BCUT2D eigenvalue weighted by atomic mass is 32.1. The largest absolute Gasteiger partial charge is 0.440 e. The highest BCUT2D eigenvalue weighted by molar-refractivity contribution is 7.26. The molecular weight excluding hydrogens is 550 g/mol. The van der Waals surface area contributed by atoms with Gasteiger partial charge in [0, 0.05) is 88.9 Å². The molecule has 8 nitrogen and oxygen atoms in total. The predicted octanol–water partition coefficient (Wildman–Crippen LogP) is 4.80. The molecule has 0 amide bonds. The van der Waals surface area contributed by atoms with E-state index < -0.39 is 0 Å². The SMILES string of the molecule is O=c1cc(N2CCOCC2)oc2c(-c3ccc(N4CCN(CCOCCO)CC4)c4c3sc3ccccc34)cccc12. The van der Waals surface area contributed by atoms with E-state index in [0.717, 1.165) is 43.9 Å². The van der Waals surface area contributed by atoms with E-state index in [-0.39, 0.29) is 12.0 Å². The van der Waals surface area contributed by atoms with Gasteiger partial charge in [-0.3, -0.25) is 9.69 Å². The van der Waals surface area contributed by atoms with Gasteiger partial charge in [0.25, 0.3) is 0 Å². The van der Waals surface area contributed by atoms with Gasteiger partial charge in [0.1, 0.15) is 5.58 Å². The third-order valence-electron chi connectivity index (χ3n) is 8.36. The molecule has 4 heterocycles. The van der Waals surface area contributed by atoms with Gasteiger partial charge in [-0.25, -0.2) is 0 Å². The monoisotopic (exact) mass is 585 g/mol. The van der Waals surface area contributed by atoms with Crippen LogP contribution in [0.2, 0.25) is 0 Å². The molecule has 2 aromatic heterocycles. The van der Waals surface area contributed by atoms with Gasteiger partial charge in [0.2, 0.25) is 0 Å². The van der Waals surface area contributed by atoms with Crippen LogP contribution >= 0.6 is 11.3 Å². The van der Waals surface area contributed by atoms with E-state index in [0.29, 0.717) is 56.4 Å². The molecule has 218 valence electrons. The van der Waals surface area contributed by atoms with Crippen LogP contribution < -0.4 is 15.2 Å². The number of para-hydroxylation sites is 1. The van der Waals surface area contributed by atoms with Gasteiger partial charge in [-0.1, -0.05) is 36.4 Å². The number of hydrogen-bond donors (Lipinski definition) is 1. The van der Waals surface area contributed by atoms with Crippen molar-refractivity contribution in [2.45, 2.75) is 0 Å². The normalized spacial score (nSPS) is 16.7. The summed E-state index contributed by atoms with van der Waals surface area (Å²) >= 11 is 1.80. The second-order valence-corrected chi connectivity index (χ2v) is 11.9. The number of rotatable bonds is 8. The fourth-order valence-corrected chi connectivity index (χ4v) is 7.43. The van der Waals surface area contributed by atoms with Crippen LogP contribution in [0.5, 0.6) is 0 Å². The Labute approximate surface area is 248 Å². The predicted molar refractivity (Wildman–Crippen MR) is 170 cm³/mol. The Kier molecular flexibility index (Phi) is 7.84. The molecule has 9 heteroatoms. The molecule has 0 atom stereocenters. The summed E-state index contributed by atoms with van der Waals surface area (Å²) in [5, 5.41) is 12.1. The van der Waals surface area contributed by atoms with E-state index in [1.54, 1.807) is 17.4 Å². The molecule has 0 spiro atoms. The van der Waals surface area contributed by atoms with E-state index in [9.17, 15) is 4.79 Å². The summed E-state index contributed by atoms with van der Waals surface area (Å²) < 4.78 is 20.0. The highest BCUT2D eigenvalue weighted by Crippen LogP contribution is 2.46. The van der Waals surface area contributed by atoms with Crippen LogP contribution in [0.25, 0.3) is 42.3 Å². The average Bonchev–Trinajstić information content (AvgIpc) is 3.43. The number of fused-ring (bicyclic) bond motifs is 4. The van der Waals surface area contributed by atoms with Gasteiger partial charge < -0.3 is 28.8 Å². The van der Waals surface area contributed by atoms with Crippen molar-refractivity contribution in [3.63, 3.8) is 0 Å². The van der Waals surface area contributed by atoms with Gasteiger partial charge in [0.15, 0.2) is 11.3 Å². The van der Waals surface area contributed by atoms with Crippen LogP contribution in [0.15, 0.2) is 69.9 Å². The fraction of sp³-hybridized carbons (Fsp3) is 0.364. The Bertz CT molecular complexity index is 1770. The number of thiophene rings is 1. The Balaban J connectivity index is 1.30. The van der Waals surface area contributed by atoms with Crippen LogP contribution in [0.1, 0.15) is 0 Å². The van der Waals surface area contributed by atoms with E-state index in [1.165, 1.54) is 25.9 Å². The van der Waals surface area contributed by atoms with Crippen LogP contribution in [0.3, 0.4) is 0 Å². The van der Waals surface area contributed by atoms with Crippen LogP contribution in [0, 0.1) is 0 Å². The number of nitrogens with zero attached hydrogens (tertiary/aromatic N) is 3. The van der Waals surface area contributed by atoms with Crippen molar-refractivity contribution < 1.29 is 19.0 Å². The first-order valence-electron chi connectivity index (χ1n) is 14.7. The van der Waals surface area contributed by atoms with Crippen LogP contribution in [0.4, 0.5) is 11.6 Å². The van der Waals surface area contributed by atoms with Gasteiger partial charge >= 0.3 is 0 Å². The minimum absolute atomic E-state index is 0.0246. The number of aliphatic hydroxyl groups is 1. The van der Waals surface area contributed by atoms with E-state index in [4.69, 9.17) is 19.0 Å². The number of aliphatic hydroxyl groups excluding tert-OH is 1. The number of morpholine rings is 1. The zero-order chi connectivity index (χ0) is 28.5. The topological polar surface area (TPSA) is 78.6 Å². The summed E-state index contributed by atoms with van der Waals surface area (Å²) in [5.41, 5.74) is 3.88. The Morgan fingerprint density at radius 3 is 2.48 bits per heavy atom. The standard InChI is InChI=1S/C33H35N3O5S/c37-17-21-40-18-14-34-10-12-35(13-11-34)27-9-8-24(33-31(27)26-4-1-2-7-29(26)42-33)23-5-3-6-25-28(38)22-30(41-32(23)25)36-15-19-39-20-16-36/h1-9,22,37H,10-21H2. The van der Waals surface area contributed by atoms with Crippen molar-refractivity contribution in [1.29, 1.82) is 0 Å². The lowest BCUT2D eigenvalue weighted by Crippen LogP contribution is -2.47. The summed E-state index contributed by atoms with van der Waals surface area (Å²) in [4.78, 5) is 20.3. The maximum atomic E-state index is 13.3. The van der Waals surface area contributed by atoms with Crippen molar-refractivity contribution in [2.24, 2.45) is 0 Å². The smallest absolute Gasteiger partial charge is 0.200 e. The Morgan fingerprint density at radius 1 is 0.833 bits per heavy atom. The zero-order valence-corrected chi connectivity index (χ0v) is 24.4. The summed E-state index contributed by atoms with van der Waals surface area (Å²) in [7, 11) is 0. The van der Waals surface area contributed by atoms with Crippen molar-refractivity contribution in [3.8, 4) is 11.1 Å². The Morgan fingerprint density at radius 2 is 1.64 bits per heavy atom. The number of ether oxygens (including phenoxy) is 2. The van der Waals surface area contributed by atoms with Crippen LogP contribution in [-0.4, -0.2) is 88.9 Å². The van der Waals surface area contributed by atoms with Crippen molar-refractivity contribution in [1.82, 2.24) is 4.90 Å². The molecule has 7 rings (SSSR count). The molecule has 0 aliphatic carbocycles. The number of benzene rings is 3. The van der Waals surface area contributed by atoms with Gasteiger partial charge in [0.05, 0.1) is 38.4 Å². The average molecular weight is 586 g/mol. The highest BCUT2D eigenvalue weighted by Gasteiger charge is 2.24. The fourth-order valence-electron chi connectivity index (χ4n) is 6.18. The molecule has 5 aromatic rings. The molecule has 2 fully saturated rings. The summed E-state index contributed by atoms with van der Waals surface area (Å²) in [6, 6.07) is 20.6. The lowest BCUT2D eigenvalue weighted by molar-refractivity contribution is 0.0724. The minimum atomic E-state index is -0.0246. The molecule has 2 aliphatic heterocycles. The third kappa shape index (κ3) is 5.16. The summed E-state index contributed by atoms with van der Waals surface area (Å²) in [6.07, 6.45) is 0. The molecule has 0 radical (unpaired) electrons. The molecular formula is C33H35N3O5S. The van der Waals surface area contributed by atoms with E-state index in [2.05, 4.69) is 57.2 Å². The third-order valence-corrected chi connectivity index (χ3v) is 9.56. The maximum Gasteiger partial charge on any atom is 0.200 e. The first-order valence-corrected chi connectivity index (χ1v) is 15.5. The van der Waals surface area contributed by atoms with Crippen molar-refractivity contribution in [2.75, 3.05) is 88.6 Å². The molecule has 1 N–H and O–H groups in total.